The first-order valence-corrected chi connectivity index (χ1v) is 12.7. The van der Waals surface area contributed by atoms with E-state index in [1.54, 1.807) is 73.7 Å². The summed E-state index contributed by atoms with van der Waals surface area (Å²) in [6, 6.07) is 18.3. The van der Waals surface area contributed by atoms with Gasteiger partial charge < -0.3 is 15.4 Å². The van der Waals surface area contributed by atoms with E-state index in [4.69, 9.17) is 16.3 Å². The Morgan fingerprint density at radius 2 is 1.54 bits per heavy atom. The van der Waals surface area contributed by atoms with Gasteiger partial charge in [-0.15, -0.1) is 0 Å². The molecule has 0 unspecified atom stereocenters. The van der Waals surface area contributed by atoms with Crippen molar-refractivity contribution in [3.05, 3.63) is 99.7 Å². The highest BCUT2D eigenvalue weighted by molar-refractivity contribution is 6.53. The number of ether oxygens (including phenoxy) is 1. The molecule has 0 atom stereocenters. The minimum Gasteiger partial charge on any atom is -0.462 e. The minimum atomic E-state index is -0.629. The van der Waals surface area contributed by atoms with Gasteiger partial charge in [0.25, 0.3) is 17.7 Å². The van der Waals surface area contributed by atoms with Crippen LogP contribution in [0.3, 0.4) is 0 Å². The van der Waals surface area contributed by atoms with Crippen LogP contribution in [-0.2, 0) is 14.3 Å². The molecule has 39 heavy (non-hydrogen) atoms. The molecule has 3 amide bonds. The second kappa shape index (κ2) is 11.5. The second-order valence-corrected chi connectivity index (χ2v) is 10.0. The molecule has 1 aliphatic rings. The zero-order chi connectivity index (χ0) is 28.3. The molecule has 1 aliphatic heterocycles. The van der Waals surface area contributed by atoms with Crippen molar-refractivity contribution in [2.24, 2.45) is 5.92 Å². The Labute approximate surface area is 231 Å². The van der Waals surface area contributed by atoms with E-state index < -0.39 is 23.7 Å². The van der Waals surface area contributed by atoms with Crippen molar-refractivity contribution in [1.82, 2.24) is 0 Å². The average molecular weight is 546 g/mol. The molecule has 0 saturated heterocycles. The largest absolute Gasteiger partial charge is 0.462 e. The monoisotopic (exact) mass is 545 g/mol. The first-order valence-electron chi connectivity index (χ1n) is 12.4. The van der Waals surface area contributed by atoms with Gasteiger partial charge in [0, 0.05) is 16.9 Å². The summed E-state index contributed by atoms with van der Waals surface area (Å²) in [6.07, 6.45) is 0. The van der Waals surface area contributed by atoms with Gasteiger partial charge in [-0.1, -0.05) is 49.2 Å². The fraction of sp³-hybridized carbons (Fsp3) is 0.200. The molecule has 0 radical (unpaired) electrons. The Morgan fingerprint density at radius 1 is 0.897 bits per heavy atom. The highest BCUT2D eigenvalue weighted by atomic mass is 35.5. The fourth-order valence-corrected chi connectivity index (χ4v) is 4.00. The van der Waals surface area contributed by atoms with Crippen LogP contribution < -0.4 is 15.5 Å². The molecule has 8 nitrogen and oxygen atoms in total. The molecule has 3 aromatic carbocycles. The van der Waals surface area contributed by atoms with Crippen LogP contribution in [0.15, 0.2) is 77.5 Å². The van der Waals surface area contributed by atoms with Gasteiger partial charge in [-0.3, -0.25) is 14.4 Å². The second-order valence-electron chi connectivity index (χ2n) is 9.65. The number of rotatable bonds is 8. The van der Waals surface area contributed by atoms with Gasteiger partial charge in [-0.05, 0) is 73.9 Å². The number of carbonyl (C=O) groups excluding carboxylic acids is 4. The highest BCUT2D eigenvalue weighted by Gasteiger charge is 2.39. The van der Waals surface area contributed by atoms with Gasteiger partial charge >= 0.3 is 5.97 Å². The molecule has 200 valence electrons. The number of imide groups is 1. The van der Waals surface area contributed by atoms with Crippen LogP contribution in [0.5, 0.6) is 0 Å². The maximum Gasteiger partial charge on any atom is 0.338 e. The Morgan fingerprint density at radius 3 is 2.18 bits per heavy atom. The normalized spacial score (nSPS) is 13.2. The van der Waals surface area contributed by atoms with E-state index in [0.717, 1.165) is 16.0 Å². The first-order chi connectivity index (χ1) is 18.5. The Bertz CT molecular complexity index is 1480. The molecule has 0 bridgehead atoms. The van der Waals surface area contributed by atoms with Crippen molar-refractivity contribution in [2.45, 2.75) is 27.7 Å². The van der Waals surface area contributed by atoms with Gasteiger partial charge in [-0.25, -0.2) is 9.69 Å². The molecule has 0 aliphatic carbocycles. The van der Waals surface area contributed by atoms with Crippen molar-refractivity contribution < 1.29 is 23.9 Å². The smallest absolute Gasteiger partial charge is 0.338 e. The number of carbonyl (C=O) groups is 4. The van der Waals surface area contributed by atoms with E-state index in [1.165, 1.54) is 0 Å². The number of esters is 1. The summed E-state index contributed by atoms with van der Waals surface area (Å²) in [4.78, 5) is 52.0. The van der Waals surface area contributed by atoms with Crippen LogP contribution >= 0.6 is 11.6 Å². The highest BCUT2D eigenvalue weighted by Crippen LogP contribution is 2.31. The molecular weight excluding hydrogens is 518 g/mol. The number of anilines is 3. The number of benzene rings is 3. The van der Waals surface area contributed by atoms with Crippen LogP contribution in [0.4, 0.5) is 17.1 Å². The third-order valence-electron chi connectivity index (χ3n) is 6.01. The van der Waals surface area contributed by atoms with E-state index >= 15 is 0 Å². The van der Waals surface area contributed by atoms with Crippen LogP contribution in [-0.4, -0.2) is 30.3 Å². The van der Waals surface area contributed by atoms with Crippen molar-refractivity contribution in [2.75, 3.05) is 22.1 Å². The molecule has 3 aromatic rings. The molecule has 0 aromatic heterocycles. The number of hydrogen-bond donors (Lipinski definition) is 2. The van der Waals surface area contributed by atoms with Crippen molar-refractivity contribution in [1.29, 1.82) is 0 Å². The van der Waals surface area contributed by atoms with Crippen LogP contribution in [0.1, 0.15) is 45.7 Å². The number of nitrogens with zero attached hydrogens (tertiary/aromatic N) is 1. The Hall–Kier alpha value is -4.43. The predicted octanol–water partition coefficient (Wildman–Crippen LogP) is 5.80. The minimum absolute atomic E-state index is 0.0668. The van der Waals surface area contributed by atoms with Crippen LogP contribution in [0.25, 0.3) is 0 Å². The lowest BCUT2D eigenvalue weighted by atomic mass is 10.1. The summed E-state index contributed by atoms with van der Waals surface area (Å²) in [6.45, 7) is 7.94. The predicted molar refractivity (Wildman–Crippen MR) is 151 cm³/mol. The van der Waals surface area contributed by atoms with Crippen LogP contribution in [0.2, 0.25) is 0 Å². The SMILES string of the molecule is Cc1ccc(N2C(=O)C(Cl)=C(Nc3cc(C(=O)Nc4ccc(C(=O)OCC(C)C)cc4)ccc3C)C2=O)cc1. The lowest BCUT2D eigenvalue weighted by Crippen LogP contribution is -2.32. The molecule has 4 rings (SSSR count). The fourth-order valence-electron chi connectivity index (χ4n) is 3.79. The molecule has 1 heterocycles. The quantitative estimate of drug-likeness (QED) is 0.274. The summed E-state index contributed by atoms with van der Waals surface area (Å²) in [5.74, 6) is -1.81. The average Bonchev–Trinajstić information content (AvgIpc) is 3.12. The molecule has 9 heteroatoms. The van der Waals surface area contributed by atoms with E-state index in [2.05, 4.69) is 10.6 Å². The van der Waals surface area contributed by atoms with Gasteiger partial charge in [0.15, 0.2) is 0 Å². The third kappa shape index (κ3) is 6.18. The Balaban J connectivity index is 1.48. The van der Waals surface area contributed by atoms with Crippen molar-refractivity contribution in [3.8, 4) is 0 Å². The molecule has 0 fully saturated rings. The number of amides is 3. The zero-order valence-electron chi connectivity index (χ0n) is 22.0. The summed E-state index contributed by atoms with van der Waals surface area (Å²) in [7, 11) is 0. The van der Waals surface area contributed by atoms with Crippen molar-refractivity contribution >= 4 is 52.4 Å². The Kier molecular flexibility index (Phi) is 8.16. The number of halogens is 1. The zero-order valence-corrected chi connectivity index (χ0v) is 22.8. The lowest BCUT2D eigenvalue weighted by molar-refractivity contribution is -0.120. The van der Waals surface area contributed by atoms with E-state index in [0.29, 0.717) is 34.8 Å². The van der Waals surface area contributed by atoms with Crippen LogP contribution in [0, 0.1) is 19.8 Å². The van der Waals surface area contributed by atoms with E-state index in [9.17, 15) is 19.2 Å². The summed E-state index contributed by atoms with van der Waals surface area (Å²) >= 11 is 6.27. The third-order valence-corrected chi connectivity index (χ3v) is 6.36. The summed E-state index contributed by atoms with van der Waals surface area (Å²) in [5, 5.41) is 5.51. The van der Waals surface area contributed by atoms with Gasteiger partial charge in [0.05, 0.1) is 17.9 Å². The molecule has 0 spiro atoms. The molecular formula is C30H28ClN3O5. The maximum absolute atomic E-state index is 13.1. The lowest BCUT2D eigenvalue weighted by Gasteiger charge is -2.16. The van der Waals surface area contributed by atoms with Crippen molar-refractivity contribution in [3.63, 3.8) is 0 Å². The van der Waals surface area contributed by atoms with Gasteiger partial charge in [0.2, 0.25) is 0 Å². The number of aryl methyl sites for hydroxylation is 2. The topological polar surface area (TPSA) is 105 Å². The standard InChI is InChI=1S/C30H28ClN3O5/c1-17(2)16-39-30(38)20-9-11-22(12-10-20)32-27(35)21-8-7-19(4)24(15-21)33-26-25(31)28(36)34(29(26)37)23-13-5-18(3)6-14-23/h5-15,17,33H,16H2,1-4H3,(H,32,35). The van der Waals surface area contributed by atoms with E-state index in [1.807, 2.05) is 20.8 Å². The van der Waals surface area contributed by atoms with E-state index in [-0.39, 0.29) is 16.6 Å². The molecule has 2 N–H and O–H groups in total. The first kappa shape index (κ1) is 27.6. The van der Waals surface area contributed by atoms with Gasteiger partial charge in [0.1, 0.15) is 10.7 Å². The maximum atomic E-state index is 13.1. The molecule has 0 saturated carbocycles. The number of hydrogen-bond acceptors (Lipinski definition) is 6. The van der Waals surface area contributed by atoms with Gasteiger partial charge in [-0.2, -0.15) is 0 Å². The number of nitrogens with one attached hydrogen (secondary N) is 2. The summed E-state index contributed by atoms with van der Waals surface area (Å²) in [5.41, 5.74) is 3.71. The summed E-state index contributed by atoms with van der Waals surface area (Å²) < 4.78 is 5.22.